The van der Waals surface area contributed by atoms with E-state index in [1.807, 2.05) is 30.3 Å². The first-order chi connectivity index (χ1) is 50.4. The van der Waals surface area contributed by atoms with Crippen LogP contribution in [0.5, 0.6) is 11.5 Å². The third-order valence-electron chi connectivity index (χ3n) is 14.8. The summed E-state index contributed by atoms with van der Waals surface area (Å²) < 4.78 is 264. The van der Waals surface area contributed by atoms with Crippen molar-refractivity contribution in [1.29, 1.82) is 0 Å². The van der Waals surface area contributed by atoms with Gasteiger partial charge >= 0.3 is 0 Å². The normalized spacial score (nSPS) is 19.5. The van der Waals surface area contributed by atoms with Crippen LogP contribution in [-0.2, 0) is 42.7 Å². The predicted molar refractivity (Wildman–Crippen MR) is 335 cm³/mol. The molecule has 1 aliphatic carbocycles. The van der Waals surface area contributed by atoms with Gasteiger partial charge in [-0.2, -0.15) is 18.2 Å². The summed E-state index contributed by atoms with van der Waals surface area (Å²) in [7, 11) is 0. The van der Waals surface area contributed by atoms with Crippen LogP contribution in [0.3, 0.4) is 0 Å². The van der Waals surface area contributed by atoms with E-state index in [0.717, 1.165) is 17.3 Å². The van der Waals surface area contributed by atoms with Gasteiger partial charge in [0.1, 0.15) is 5.82 Å². The van der Waals surface area contributed by atoms with Crippen molar-refractivity contribution in [2.24, 2.45) is 0 Å². The first-order valence-corrected chi connectivity index (χ1v) is 26.2. The van der Waals surface area contributed by atoms with Gasteiger partial charge in [0.15, 0.2) is 0 Å². The molecule has 3 aromatic heterocycles. The minimum absolute atomic E-state index is 0. The van der Waals surface area contributed by atoms with E-state index in [9.17, 15) is 6.85 Å². The molecule has 0 atom stereocenters. The Balaban J connectivity index is 0.0000113. The largest absolute Gasteiger partial charge is 0.510 e. The summed E-state index contributed by atoms with van der Waals surface area (Å²) in [6.07, 6.45) is 2.89. The molecule has 0 spiro atoms. The molecule has 9 aromatic carbocycles. The molecule has 0 radical (unpaired) electrons. The molecular formula is C76H68N4OPt-2. The zero-order chi connectivity index (χ0) is 80.0. The molecule has 82 heavy (non-hydrogen) atoms. The number of nitrogens with zero attached hydrogens (tertiary/aromatic N) is 4. The van der Waals surface area contributed by atoms with Gasteiger partial charge < -0.3 is 13.9 Å². The fraction of sp³-hybridized carbons (Fsp3) is 0.211. The van der Waals surface area contributed by atoms with Gasteiger partial charge in [0.2, 0.25) is 0 Å². The Labute approximate surface area is 537 Å². The predicted octanol–water partition coefficient (Wildman–Crippen LogP) is 19.1. The van der Waals surface area contributed by atoms with Crippen LogP contribution in [0.15, 0.2) is 200 Å². The SMILES string of the molecule is [2H]c1c([2H])c([2H])c(-c2cnc(-n3c4[c-]c(Oc5[c-]c(-n6[c-][n+](-c7c(-c8c([2H])c([2H])c([2H])c([2H])c8[2H])cc(C(C)(C)C)cc7-c7c([2H])c([2H])c8c(c7[2H])C(C([2H])([2H])[2H])(C([2H])([2H])[2H])CC8(C([2H])([2H])[2H])C([2H])([2H])[2H])c7ccc(-c8ccc(C(C)(C)C)cc8)cc76)ccc5)ccc4c4ccccc43)cc2C([2H])([2H])[2H])c([2H])c1[2H].[Pt]. The molecule has 3 heterocycles. The van der Waals surface area contributed by atoms with Gasteiger partial charge in [0.05, 0.1) is 34.5 Å². The van der Waals surface area contributed by atoms with Crippen LogP contribution in [0.2, 0.25) is 0 Å². The molecule has 410 valence electrons. The van der Waals surface area contributed by atoms with Gasteiger partial charge in [-0.1, -0.05) is 220 Å². The van der Waals surface area contributed by atoms with E-state index in [2.05, 4.69) is 44.2 Å². The molecule has 0 unspecified atom stereocenters. The summed E-state index contributed by atoms with van der Waals surface area (Å²) in [5.74, 6) is 0.215. The molecule has 0 fully saturated rings. The molecule has 5 nitrogen and oxygen atoms in total. The molecule has 0 amide bonds. The Morgan fingerprint density at radius 3 is 1.96 bits per heavy atom. The standard InChI is InChI=1S/C76H68N4O.Pt/c1-49-39-71(77-46-64(49)52-23-16-13-17-24-52)80-67-28-19-18-27-60(67)61-36-35-59(45-69(61)80)81-58-26-20-25-57(44-58)78-48-79(68-38-32-53(41-70(68)78)50-29-33-55(34-30-50)73(2,3)4)72-62(51-21-14-12-15-22-51)42-56(74(5,6)7)43-63(72)54-31-37-65-66(40-54)76(10,11)47-75(65,8)9;/h12-43,46H,47H2,1-11H3;/q-2;/i1D3,8D3,9D3,10D3,11D3,12D,13D,14D,15D,16D,17D,21D,22D,23D,24D,31D,37D,40D;. The minimum atomic E-state index is -3.86. The molecule has 12 aromatic rings. The Hall–Kier alpha value is -8.11. The summed E-state index contributed by atoms with van der Waals surface area (Å²) in [6, 6.07) is 29.0. The van der Waals surface area contributed by atoms with E-state index in [0.29, 0.717) is 32.9 Å². The second kappa shape index (κ2) is 20.4. The molecule has 13 rings (SSSR count). The van der Waals surface area contributed by atoms with Gasteiger partial charge in [-0.3, -0.25) is 4.57 Å². The van der Waals surface area contributed by atoms with Crippen LogP contribution in [0.25, 0.3) is 94.5 Å². The molecular weight excluding hydrogens is 1180 g/mol. The van der Waals surface area contributed by atoms with Crippen molar-refractivity contribution in [1.82, 2.24) is 14.1 Å². The van der Waals surface area contributed by atoms with Crippen LogP contribution >= 0.6 is 0 Å². The quantitative estimate of drug-likeness (QED) is 0.107. The average Bonchev–Trinajstić information content (AvgIpc) is 1.49. The van der Waals surface area contributed by atoms with Gasteiger partial charge in [0, 0.05) is 70.4 Å². The van der Waals surface area contributed by atoms with Crippen LogP contribution in [-0.4, -0.2) is 14.1 Å². The number of ether oxygens (including phenoxy) is 1. The number of rotatable bonds is 9. The summed E-state index contributed by atoms with van der Waals surface area (Å²) in [4.78, 5) is 4.69. The van der Waals surface area contributed by atoms with E-state index < -0.39 is 158 Å². The molecule has 0 aliphatic heterocycles. The van der Waals surface area contributed by atoms with Crippen molar-refractivity contribution < 1.29 is 68.8 Å². The van der Waals surface area contributed by atoms with Gasteiger partial charge in [-0.25, -0.2) is 4.98 Å². The third-order valence-corrected chi connectivity index (χ3v) is 14.8. The molecule has 0 saturated heterocycles. The smallest absolute Gasteiger partial charge is 0.268 e. The molecule has 1 aliphatic rings. The fourth-order valence-corrected chi connectivity index (χ4v) is 10.7. The average molecular weight is 1280 g/mol. The van der Waals surface area contributed by atoms with Gasteiger partial charge in [-0.05, 0) is 131 Å². The number of imidazole rings is 1. The summed E-state index contributed by atoms with van der Waals surface area (Å²) in [5.41, 5.74) is -9.15. The summed E-state index contributed by atoms with van der Waals surface area (Å²) in [5, 5.41) is 1.31. The van der Waals surface area contributed by atoms with E-state index in [-0.39, 0.29) is 94.1 Å². The van der Waals surface area contributed by atoms with Crippen LogP contribution in [0, 0.1) is 25.3 Å². The van der Waals surface area contributed by atoms with Crippen molar-refractivity contribution >= 4 is 32.8 Å². The van der Waals surface area contributed by atoms with Crippen molar-refractivity contribution in [3.8, 4) is 73.2 Å². The van der Waals surface area contributed by atoms with E-state index in [1.54, 1.807) is 96.6 Å². The zero-order valence-corrected chi connectivity index (χ0v) is 47.5. The minimum Gasteiger partial charge on any atom is -0.510 e. The van der Waals surface area contributed by atoms with E-state index in [1.165, 1.54) is 22.8 Å². The number of aryl methyl sites for hydroxylation is 1. The Bertz CT molecular complexity index is 5730. The van der Waals surface area contributed by atoms with Gasteiger partial charge in [-0.15, -0.1) is 29.7 Å². The molecule has 0 bridgehead atoms. The van der Waals surface area contributed by atoms with E-state index >= 15 is 0 Å². The van der Waals surface area contributed by atoms with Crippen molar-refractivity contribution in [2.75, 3.05) is 0 Å². The second-order valence-electron chi connectivity index (χ2n) is 22.5. The molecule has 6 heteroatoms. The summed E-state index contributed by atoms with van der Waals surface area (Å²) >= 11 is 0. The number of aromatic nitrogens is 4. The summed E-state index contributed by atoms with van der Waals surface area (Å²) in [6.45, 7) is -6.79. The number of fused-ring (bicyclic) bond motifs is 5. The first-order valence-electron chi connectivity index (χ1n) is 40.2. The molecule has 0 saturated carbocycles. The van der Waals surface area contributed by atoms with Gasteiger partial charge in [0.25, 0.3) is 6.33 Å². The first kappa shape index (κ1) is 30.8. The Kier molecular flexibility index (Phi) is 7.66. The maximum absolute atomic E-state index is 10.4. The number of benzene rings is 9. The number of hydrogen-bond donors (Lipinski definition) is 0. The van der Waals surface area contributed by atoms with Crippen LogP contribution in [0.1, 0.15) is 142 Å². The van der Waals surface area contributed by atoms with Crippen molar-refractivity contribution in [3.63, 3.8) is 0 Å². The maximum Gasteiger partial charge on any atom is 0.268 e. The Morgan fingerprint density at radius 1 is 0.585 bits per heavy atom. The monoisotopic (exact) mass is 1280 g/mol. The van der Waals surface area contributed by atoms with E-state index in [4.69, 9.17) is 36.3 Å². The molecule has 0 N–H and O–H groups in total. The second-order valence-corrected chi connectivity index (χ2v) is 22.5. The van der Waals surface area contributed by atoms with Crippen molar-refractivity contribution in [3.05, 3.63) is 246 Å². The van der Waals surface area contributed by atoms with Crippen LogP contribution in [0.4, 0.5) is 0 Å². The number of para-hydroxylation sites is 1. The zero-order valence-electron chi connectivity index (χ0n) is 73.3. The fourth-order valence-electron chi connectivity index (χ4n) is 10.7. The number of hydrogen-bond acceptors (Lipinski definition) is 2. The topological polar surface area (TPSA) is 35.9 Å². The Morgan fingerprint density at radius 2 is 1.26 bits per heavy atom. The number of pyridine rings is 1. The van der Waals surface area contributed by atoms with Crippen molar-refractivity contribution in [2.45, 2.75) is 104 Å². The third kappa shape index (κ3) is 9.71. The van der Waals surface area contributed by atoms with Crippen LogP contribution < -0.4 is 9.30 Å². The maximum atomic E-state index is 10.4.